The van der Waals surface area contributed by atoms with Crippen molar-refractivity contribution in [1.82, 2.24) is 10.6 Å². The zero-order valence-corrected chi connectivity index (χ0v) is 20.3. The van der Waals surface area contributed by atoms with Crippen LogP contribution in [0.1, 0.15) is 77.6 Å². The van der Waals surface area contributed by atoms with Crippen LogP contribution >= 0.6 is 0 Å². The Kier molecular flexibility index (Phi) is 8.94. The first-order valence-electron chi connectivity index (χ1n) is 12.7. The van der Waals surface area contributed by atoms with Crippen molar-refractivity contribution in [3.8, 4) is 0 Å². The number of hydrogen-bond donors (Lipinski definition) is 3. The second-order valence-electron chi connectivity index (χ2n) is 10.7. The first-order valence-corrected chi connectivity index (χ1v) is 12.7. The molecule has 2 amide bonds. The van der Waals surface area contributed by atoms with Crippen molar-refractivity contribution in [2.45, 2.75) is 83.6 Å². The van der Waals surface area contributed by atoms with E-state index in [0.29, 0.717) is 43.4 Å². The Morgan fingerprint density at radius 1 is 1.03 bits per heavy atom. The molecule has 4 rings (SSSR count). The summed E-state index contributed by atoms with van der Waals surface area (Å²) in [5.74, 6) is -2.68. The Morgan fingerprint density at radius 2 is 1.63 bits per heavy atom. The first kappa shape index (κ1) is 26.7. The summed E-state index contributed by atoms with van der Waals surface area (Å²) in [7, 11) is 0. The highest BCUT2D eigenvalue weighted by molar-refractivity contribution is 6.25. The summed E-state index contributed by atoms with van der Waals surface area (Å²) in [5, 5.41) is 15.3. The summed E-state index contributed by atoms with van der Waals surface area (Å²) >= 11 is 0. The van der Waals surface area contributed by atoms with Gasteiger partial charge >= 0.3 is 12.2 Å². The van der Waals surface area contributed by atoms with Crippen LogP contribution in [-0.4, -0.2) is 58.0 Å². The number of amides is 2. The first-order chi connectivity index (χ1) is 16.6. The van der Waals surface area contributed by atoms with Gasteiger partial charge in [0.05, 0.1) is 6.04 Å². The van der Waals surface area contributed by atoms with Crippen LogP contribution in [0, 0.1) is 29.1 Å². The van der Waals surface area contributed by atoms with Crippen LogP contribution in [0.2, 0.25) is 0 Å². The smallest absolute Gasteiger partial charge is 0.323 e. The van der Waals surface area contributed by atoms with Gasteiger partial charge in [-0.25, -0.2) is 0 Å². The van der Waals surface area contributed by atoms with Crippen LogP contribution in [0.15, 0.2) is 0 Å². The average molecular weight is 489 g/mol. The van der Waals surface area contributed by atoms with Gasteiger partial charge in [0, 0.05) is 25.3 Å². The number of nitrogens with zero attached hydrogens (tertiary/aromatic N) is 2. The highest BCUT2D eigenvalue weighted by Crippen LogP contribution is 2.60. The molecule has 0 radical (unpaired) electrons. The molecule has 0 unspecified atom stereocenters. The van der Waals surface area contributed by atoms with Gasteiger partial charge in [0.2, 0.25) is 17.6 Å². The Labute approximate surface area is 205 Å². The Balaban J connectivity index is 1.70. The van der Waals surface area contributed by atoms with Gasteiger partial charge in [0.1, 0.15) is 5.92 Å². The van der Waals surface area contributed by atoms with E-state index < -0.39 is 34.9 Å². The monoisotopic (exact) mass is 488 g/mol. The van der Waals surface area contributed by atoms with Crippen molar-refractivity contribution in [2.75, 3.05) is 6.54 Å². The van der Waals surface area contributed by atoms with Crippen LogP contribution in [0.25, 0.3) is 5.53 Å². The SMILES string of the molecule is CC(=O)NCCCC[C@H](NC(=O)C12CC3CC(CC(C3)C1)C2)C(=O)[C@H](CCC(=O)C=[N+]=[N-])C(=O)O. The van der Waals surface area contributed by atoms with Crippen LogP contribution in [-0.2, 0) is 24.0 Å². The van der Waals surface area contributed by atoms with Crippen LogP contribution < -0.4 is 10.6 Å². The van der Waals surface area contributed by atoms with Gasteiger partial charge < -0.3 is 21.3 Å². The highest BCUT2D eigenvalue weighted by Gasteiger charge is 2.55. The minimum atomic E-state index is -1.46. The van der Waals surface area contributed by atoms with Gasteiger partial charge in [-0.1, -0.05) is 0 Å². The lowest BCUT2D eigenvalue weighted by atomic mass is 9.49. The summed E-state index contributed by atoms with van der Waals surface area (Å²) in [6.45, 7) is 1.84. The number of aliphatic carboxylic acids is 1. The lowest BCUT2D eigenvalue weighted by Crippen LogP contribution is -2.57. The maximum Gasteiger partial charge on any atom is 0.323 e. The van der Waals surface area contributed by atoms with E-state index >= 15 is 0 Å². The highest BCUT2D eigenvalue weighted by atomic mass is 16.4. The lowest BCUT2D eigenvalue weighted by Gasteiger charge is -2.55. The van der Waals surface area contributed by atoms with E-state index in [9.17, 15) is 29.1 Å². The molecule has 0 heterocycles. The van der Waals surface area contributed by atoms with E-state index in [1.165, 1.54) is 26.2 Å². The lowest BCUT2D eigenvalue weighted by molar-refractivity contribution is -0.152. The molecule has 4 saturated carbocycles. The molecule has 4 aliphatic rings. The molecule has 35 heavy (non-hydrogen) atoms. The molecule has 2 atom stereocenters. The van der Waals surface area contributed by atoms with Crippen molar-refractivity contribution in [3.63, 3.8) is 0 Å². The van der Waals surface area contributed by atoms with Gasteiger partial charge in [0.25, 0.3) is 0 Å². The molecule has 10 heteroatoms. The number of unbranched alkanes of at least 4 members (excludes halogenated alkanes) is 1. The second kappa shape index (κ2) is 11.7. The largest absolute Gasteiger partial charge is 0.481 e. The van der Waals surface area contributed by atoms with E-state index in [-0.39, 0.29) is 31.1 Å². The number of rotatable bonds is 14. The zero-order valence-electron chi connectivity index (χ0n) is 20.3. The molecule has 4 bridgehead atoms. The van der Waals surface area contributed by atoms with Gasteiger partial charge in [-0.2, -0.15) is 4.79 Å². The van der Waals surface area contributed by atoms with E-state index in [2.05, 4.69) is 15.4 Å². The van der Waals surface area contributed by atoms with E-state index in [1.807, 2.05) is 0 Å². The van der Waals surface area contributed by atoms with Crippen molar-refractivity contribution >= 4 is 35.6 Å². The molecule has 4 aliphatic carbocycles. The van der Waals surface area contributed by atoms with Crippen molar-refractivity contribution < 1.29 is 33.9 Å². The van der Waals surface area contributed by atoms with Gasteiger partial charge in [0.15, 0.2) is 5.78 Å². The third-order valence-electron chi connectivity index (χ3n) is 7.98. The Morgan fingerprint density at radius 3 is 2.14 bits per heavy atom. The predicted molar refractivity (Wildman–Crippen MR) is 125 cm³/mol. The fourth-order valence-corrected chi connectivity index (χ4v) is 6.77. The molecule has 3 N–H and O–H groups in total. The molecule has 0 aromatic carbocycles. The third-order valence-corrected chi connectivity index (χ3v) is 7.98. The van der Waals surface area contributed by atoms with Gasteiger partial charge in [-0.3, -0.25) is 24.0 Å². The number of ketones is 2. The zero-order chi connectivity index (χ0) is 25.6. The molecule has 10 nitrogen and oxygen atoms in total. The number of carboxylic acid groups (broad SMARTS) is 1. The average Bonchev–Trinajstić information content (AvgIpc) is 2.76. The number of hydrogen-bond acceptors (Lipinski definition) is 5. The standard InChI is InChI=1S/C25H36N4O6/c1-15(30)27-7-3-2-4-21(22(32)20(23(33)34)6-5-19(31)14-28-26)29-24(35)25-11-16-8-17(12-25)10-18(9-16)13-25/h14,16-18,20-21H,2-13H2,1H3,(H,27,30)(H,29,35)(H,33,34)/t16?,17?,18?,20-,21-,25?/m0/s1. The maximum atomic E-state index is 13.6. The summed E-state index contributed by atoms with van der Waals surface area (Å²) in [6.07, 6.45) is 7.52. The third kappa shape index (κ3) is 6.84. The van der Waals surface area contributed by atoms with E-state index in [0.717, 1.165) is 19.3 Å². The Bertz CT molecular complexity index is 874. The van der Waals surface area contributed by atoms with Crippen molar-refractivity contribution in [3.05, 3.63) is 5.53 Å². The molecule has 0 saturated heterocycles. The molecular formula is C25H36N4O6. The number of Topliss-reactive ketones (excluding diaryl/α,β-unsaturated/α-hetero) is 2. The molecule has 4 fully saturated rings. The van der Waals surface area contributed by atoms with Crippen LogP contribution in [0.4, 0.5) is 0 Å². The van der Waals surface area contributed by atoms with E-state index in [4.69, 9.17) is 5.53 Å². The summed E-state index contributed by atoms with van der Waals surface area (Å²) in [4.78, 5) is 64.2. The molecule has 0 aromatic rings. The molecule has 192 valence electrons. The number of carbonyl (C=O) groups excluding carboxylic acids is 4. The molecule has 0 spiro atoms. The molecular weight excluding hydrogens is 452 g/mol. The topological polar surface area (TPSA) is 166 Å². The fourth-order valence-electron chi connectivity index (χ4n) is 6.77. The number of nitrogens with one attached hydrogen (secondary N) is 2. The van der Waals surface area contributed by atoms with Crippen LogP contribution in [0.3, 0.4) is 0 Å². The minimum absolute atomic E-state index is 0.149. The predicted octanol–water partition coefficient (Wildman–Crippen LogP) is 1.91. The molecule has 0 aromatic heterocycles. The normalized spacial score (nSPS) is 27.9. The summed E-state index contributed by atoms with van der Waals surface area (Å²) in [5.41, 5.74) is 8.01. The molecule has 0 aliphatic heterocycles. The number of carboxylic acids is 1. The van der Waals surface area contributed by atoms with Gasteiger partial charge in [-0.05, 0) is 82.0 Å². The van der Waals surface area contributed by atoms with Crippen molar-refractivity contribution in [2.24, 2.45) is 29.1 Å². The summed E-state index contributed by atoms with van der Waals surface area (Å²) < 4.78 is 0. The summed E-state index contributed by atoms with van der Waals surface area (Å²) in [6, 6.07) is -0.976. The quantitative estimate of drug-likeness (QED) is 0.111. The van der Waals surface area contributed by atoms with Crippen LogP contribution in [0.5, 0.6) is 0 Å². The second-order valence-corrected chi connectivity index (χ2v) is 10.7. The van der Waals surface area contributed by atoms with Gasteiger partial charge in [-0.15, -0.1) is 0 Å². The number of carbonyl (C=O) groups is 5. The van der Waals surface area contributed by atoms with Crippen molar-refractivity contribution in [1.29, 1.82) is 0 Å². The van der Waals surface area contributed by atoms with E-state index in [1.54, 1.807) is 0 Å². The maximum absolute atomic E-state index is 13.6. The Hall–Kier alpha value is -2.87. The minimum Gasteiger partial charge on any atom is -0.481 e. The fraction of sp³-hybridized carbons (Fsp3) is 0.760.